The predicted octanol–water partition coefficient (Wildman–Crippen LogP) is 3.96. The largest absolute Gasteiger partial charge is 0.489 e. The van der Waals surface area contributed by atoms with Crippen molar-refractivity contribution in [1.82, 2.24) is 9.55 Å². The van der Waals surface area contributed by atoms with E-state index in [9.17, 15) is 0 Å². The molecule has 0 aliphatic carbocycles. The second-order valence-electron chi connectivity index (χ2n) is 4.84. The van der Waals surface area contributed by atoms with E-state index in [0.717, 1.165) is 17.9 Å². The second-order valence-corrected chi connectivity index (χ2v) is 5.24. The highest BCUT2D eigenvalue weighted by Crippen LogP contribution is 2.28. The molecule has 0 atom stereocenters. The topological polar surface area (TPSA) is 39.1 Å². The fourth-order valence-electron chi connectivity index (χ4n) is 1.93. The van der Waals surface area contributed by atoms with Gasteiger partial charge in [0.25, 0.3) is 0 Å². The monoisotopic (exact) mass is 293 g/mol. The third kappa shape index (κ3) is 3.67. The van der Waals surface area contributed by atoms with Crippen LogP contribution in [0.1, 0.15) is 26.5 Å². The summed E-state index contributed by atoms with van der Waals surface area (Å²) in [6.07, 6.45) is 3.82. The summed E-state index contributed by atoms with van der Waals surface area (Å²) in [6.45, 7) is 7.69. The van der Waals surface area contributed by atoms with Gasteiger partial charge in [0.2, 0.25) is 0 Å². The van der Waals surface area contributed by atoms with Gasteiger partial charge in [-0.1, -0.05) is 11.6 Å². The Labute approximate surface area is 124 Å². The molecule has 0 saturated heterocycles. The molecule has 0 spiro atoms. The molecule has 2 aromatic rings. The van der Waals surface area contributed by atoms with Crippen molar-refractivity contribution in [3.05, 3.63) is 41.4 Å². The molecule has 0 radical (unpaired) electrons. The number of anilines is 1. The normalized spacial score (nSPS) is 10.8. The van der Waals surface area contributed by atoms with Crippen LogP contribution in [0.15, 0.2) is 30.7 Å². The quantitative estimate of drug-likeness (QED) is 0.876. The lowest BCUT2D eigenvalue weighted by molar-refractivity contribution is 0.242. The van der Waals surface area contributed by atoms with Gasteiger partial charge < -0.3 is 14.6 Å². The van der Waals surface area contributed by atoms with Crippen LogP contribution >= 0.6 is 11.6 Å². The van der Waals surface area contributed by atoms with Crippen LogP contribution in [-0.4, -0.2) is 15.7 Å². The van der Waals surface area contributed by atoms with Gasteiger partial charge in [-0.2, -0.15) is 0 Å². The minimum atomic E-state index is 0.116. The first-order chi connectivity index (χ1) is 9.60. The van der Waals surface area contributed by atoms with Crippen molar-refractivity contribution in [1.29, 1.82) is 0 Å². The molecule has 0 fully saturated rings. The first kappa shape index (κ1) is 14.7. The van der Waals surface area contributed by atoms with Crippen LogP contribution in [0.5, 0.6) is 5.75 Å². The number of imidazole rings is 1. The van der Waals surface area contributed by atoms with Crippen molar-refractivity contribution in [2.75, 3.05) is 5.32 Å². The zero-order valence-electron chi connectivity index (χ0n) is 12.1. The fraction of sp³-hybridized carbons (Fsp3) is 0.400. The van der Waals surface area contributed by atoms with Gasteiger partial charge in [-0.05, 0) is 39.0 Å². The van der Waals surface area contributed by atoms with E-state index in [4.69, 9.17) is 16.3 Å². The van der Waals surface area contributed by atoms with Gasteiger partial charge in [0, 0.05) is 18.4 Å². The molecule has 1 heterocycles. The smallest absolute Gasteiger partial charge is 0.138 e. The minimum Gasteiger partial charge on any atom is -0.489 e. The summed E-state index contributed by atoms with van der Waals surface area (Å²) in [6, 6.07) is 5.74. The van der Waals surface area contributed by atoms with Crippen LogP contribution in [0.2, 0.25) is 5.02 Å². The molecule has 2 rings (SSSR count). The molecule has 0 aliphatic heterocycles. The zero-order valence-corrected chi connectivity index (χ0v) is 12.8. The minimum absolute atomic E-state index is 0.116. The lowest BCUT2D eigenvalue weighted by Gasteiger charge is -2.13. The highest BCUT2D eigenvalue weighted by atomic mass is 35.5. The van der Waals surface area contributed by atoms with Gasteiger partial charge in [0.15, 0.2) is 0 Å². The molecule has 0 unspecified atom stereocenters. The third-order valence-corrected chi connectivity index (χ3v) is 3.20. The molecule has 4 nitrogen and oxygen atoms in total. The lowest BCUT2D eigenvalue weighted by Crippen LogP contribution is -2.07. The summed E-state index contributed by atoms with van der Waals surface area (Å²) >= 11 is 6.21. The molecular formula is C15H20ClN3O. The Bertz CT molecular complexity index is 566. The summed E-state index contributed by atoms with van der Waals surface area (Å²) in [5.41, 5.74) is 2.11. The van der Waals surface area contributed by atoms with Gasteiger partial charge in [-0.3, -0.25) is 0 Å². The van der Waals surface area contributed by atoms with Gasteiger partial charge >= 0.3 is 0 Å². The van der Waals surface area contributed by atoms with Crippen LogP contribution in [0.4, 0.5) is 5.69 Å². The Morgan fingerprint density at radius 2 is 2.20 bits per heavy atom. The molecule has 20 heavy (non-hydrogen) atoms. The van der Waals surface area contributed by atoms with Gasteiger partial charge in [0.1, 0.15) is 5.75 Å². The molecule has 5 heteroatoms. The van der Waals surface area contributed by atoms with E-state index in [1.54, 1.807) is 0 Å². The maximum Gasteiger partial charge on any atom is 0.138 e. The fourth-order valence-corrected chi connectivity index (χ4v) is 2.16. The van der Waals surface area contributed by atoms with Crippen molar-refractivity contribution in [2.45, 2.75) is 40.0 Å². The van der Waals surface area contributed by atoms with Gasteiger partial charge in [0.05, 0.1) is 29.7 Å². The Morgan fingerprint density at radius 1 is 1.40 bits per heavy atom. The van der Waals surface area contributed by atoms with Gasteiger partial charge in [-0.25, -0.2) is 4.98 Å². The molecule has 1 aromatic carbocycles. The zero-order chi connectivity index (χ0) is 14.5. The van der Waals surface area contributed by atoms with E-state index in [0.29, 0.717) is 17.3 Å². The Morgan fingerprint density at radius 3 is 2.85 bits per heavy atom. The first-order valence-corrected chi connectivity index (χ1v) is 7.17. The average molecular weight is 294 g/mol. The summed E-state index contributed by atoms with van der Waals surface area (Å²) in [7, 11) is 0. The average Bonchev–Trinajstić information content (AvgIpc) is 2.86. The molecule has 108 valence electrons. The SMILES string of the molecule is CCn1cncc1CNc1ccc(OC(C)C)c(Cl)c1. The lowest BCUT2D eigenvalue weighted by atomic mass is 10.3. The number of hydrogen-bond donors (Lipinski definition) is 1. The third-order valence-electron chi connectivity index (χ3n) is 2.91. The van der Waals surface area contributed by atoms with E-state index in [1.807, 2.05) is 44.6 Å². The van der Waals surface area contributed by atoms with Crippen molar-refractivity contribution in [2.24, 2.45) is 0 Å². The van der Waals surface area contributed by atoms with Gasteiger partial charge in [-0.15, -0.1) is 0 Å². The molecular weight excluding hydrogens is 274 g/mol. The van der Waals surface area contributed by atoms with Crippen LogP contribution < -0.4 is 10.1 Å². The van der Waals surface area contributed by atoms with Crippen LogP contribution in [0.25, 0.3) is 0 Å². The number of nitrogens with one attached hydrogen (secondary N) is 1. The van der Waals surface area contributed by atoms with E-state index in [2.05, 4.69) is 21.8 Å². The van der Waals surface area contributed by atoms with E-state index in [1.165, 1.54) is 0 Å². The van der Waals surface area contributed by atoms with Crippen molar-refractivity contribution in [3.8, 4) is 5.75 Å². The number of aryl methyl sites for hydroxylation is 1. The number of nitrogens with zero attached hydrogens (tertiary/aromatic N) is 2. The number of halogens is 1. The number of hydrogen-bond acceptors (Lipinski definition) is 3. The van der Waals surface area contributed by atoms with Crippen molar-refractivity contribution in [3.63, 3.8) is 0 Å². The summed E-state index contributed by atoms with van der Waals surface area (Å²) in [4.78, 5) is 4.15. The summed E-state index contributed by atoms with van der Waals surface area (Å²) < 4.78 is 7.72. The van der Waals surface area contributed by atoms with Crippen LogP contribution in [-0.2, 0) is 13.1 Å². The molecule has 0 saturated carbocycles. The second kappa shape index (κ2) is 6.66. The van der Waals surface area contributed by atoms with E-state index in [-0.39, 0.29) is 6.10 Å². The first-order valence-electron chi connectivity index (χ1n) is 6.79. The highest BCUT2D eigenvalue weighted by Gasteiger charge is 2.06. The number of rotatable bonds is 6. The predicted molar refractivity (Wildman–Crippen MR) is 82.4 cm³/mol. The number of ether oxygens (including phenoxy) is 1. The molecule has 0 aliphatic rings. The Kier molecular flexibility index (Phi) is 4.90. The molecule has 1 N–H and O–H groups in total. The van der Waals surface area contributed by atoms with Crippen molar-refractivity contribution >= 4 is 17.3 Å². The number of benzene rings is 1. The maximum atomic E-state index is 6.21. The Hall–Kier alpha value is -1.68. The van der Waals surface area contributed by atoms with Crippen LogP contribution in [0.3, 0.4) is 0 Å². The maximum absolute atomic E-state index is 6.21. The standard InChI is InChI=1S/C15H20ClN3O/c1-4-19-10-17-8-13(19)9-18-12-5-6-15(14(16)7-12)20-11(2)3/h5-8,10-11,18H,4,9H2,1-3H3. The highest BCUT2D eigenvalue weighted by molar-refractivity contribution is 6.32. The molecule has 0 bridgehead atoms. The van der Waals surface area contributed by atoms with E-state index >= 15 is 0 Å². The summed E-state index contributed by atoms with van der Waals surface area (Å²) in [5, 5.41) is 3.96. The Balaban J connectivity index is 2.02. The number of aromatic nitrogens is 2. The van der Waals surface area contributed by atoms with Crippen molar-refractivity contribution < 1.29 is 4.74 Å². The molecule has 1 aromatic heterocycles. The molecule has 0 amide bonds. The van der Waals surface area contributed by atoms with E-state index < -0.39 is 0 Å². The summed E-state index contributed by atoms with van der Waals surface area (Å²) in [5.74, 6) is 0.714. The van der Waals surface area contributed by atoms with Crippen LogP contribution in [0, 0.1) is 0 Å².